The number of nitrogens with zero attached hydrogens (tertiary/aromatic N) is 4. The van der Waals surface area contributed by atoms with Crippen molar-refractivity contribution < 1.29 is 14.0 Å². The number of carbonyl (C=O) groups excluding carboxylic acids is 2. The molecule has 0 aliphatic carbocycles. The third kappa shape index (κ3) is 4.85. The van der Waals surface area contributed by atoms with Gasteiger partial charge in [0.25, 0.3) is 5.91 Å². The molecule has 0 saturated carbocycles. The van der Waals surface area contributed by atoms with Gasteiger partial charge in [0.15, 0.2) is 11.6 Å². The van der Waals surface area contributed by atoms with Crippen LogP contribution in [-0.4, -0.2) is 64.4 Å². The number of hydrogen-bond donors (Lipinski definition) is 1. The molecule has 2 aliphatic heterocycles. The van der Waals surface area contributed by atoms with Gasteiger partial charge in [0.1, 0.15) is 5.76 Å². The molecule has 162 valence electrons. The third-order valence-electron chi connectivity index (χ3n) is 5.69. The van der Waals surface area contributed by atoms with Crippen LogP contribution >= 0.6 is 11.8 Å². The second kappa shape index (κ2) is 9.43. The molecule has 3 amide bonds. The molecule has 0 atom stereocenters. The lowest BCUT2D eigenvalue weighted by Gasteiger charge is -2.30. The lowest BCUT2D eigenvalue weighted by atomic mass is 9.97. The zero-order valence-electron chi connectivity index (χ0n) is 17.5. The van der Waals surface area contributed by atoms with E-state index in [0.717, 1.165) is 37.4 Å². The minimum absolute atomic E-state index is 0.0517. The maximum Gasteiger partial charge on any atom is 0.321 e. The van der Waals surface area contributed by atoms with Gasteiger partial charge in [-0.3, -0.25) is 4.79 Å². The Morgan fingerprint density at radius 3 is 2.65 bits per heavy atom. The Kier molecular flexibility index (Phi) is 6.47. The first kappa shape index (κ1) is 21.2. The van der Waals surface area contributed by atoms with E-state index in [9.17, 15) is 9.59 Å². The highest BCUT2D eigenvalue weighted by Gasteiger charge is 2.30. The number of thioether (sulfide) groups is 1. The van der Waals surface area contributed by atoms with Crippen LogP contribution in [-0.2, 0) is 0 Å². The van der Waals surface area contributed by atoms with Crippen molar-refractivity contribution in [3.05, 3.63) is 47.2 Å². The van der Waals surface area contributed by atoms with E-state index in [1.54, 1.807) is 36.1 Å². The first-order valence-corrected chi connectivity index (χ1v) is 11.6. The largest absolute Gasteiger partial charge is 0.445 e. The van der Waals surface area contributed by atoms with Crippen molar-refractivity contribution in [2.75, 3.05) is 43.0 Å². The summed E-state index contributed by atoms with van der Waals surface area (Å²) < 4.78 is 5.87. The fraction of sp³-hybridized carbons (Fsp3) is 0.455. The summed E-state index contributed by atoms with van der Waals surface area (Å²) in [7, 11) is 0. The van der Waals surface area contributed by atoms with Crippen LogP contribution in [0.4, 0.5) is 10.5 Å². The van der Waals surface area contributed by atoms with Gasteiger partial charge in [-0.15, -0.1) is 0 Å². The first-order valence-electron chi connectivity index (χ1n) is 10.5. The number of piperidine rings is 1. The molecular weight excluding hydrogens is 414 g/mol. The van der Waals surface area contributed by atoms with Crippen molar-refractivity contribution in [3.63, 3.8) is 0 Å². The molecule has 0 unspecified atom stereocenters. The molecule has 1 aromatic heterocycles. The predicted octanol–water partition coefficient (Wildman–Crippen LogP) is 3.46. The molecule has 3 heterocycles. The number of aryl methyl sites for hydroxylation is 1. The fourth-order valence-corrected chi connectivity index (χ4v) is 4.81. The Hall–Kier alpha value is -2.99. The highest BCUT2D eigenvalue weighted by atomic mass is 32.2. The van der Waals surface area contributed by atoms with Crippen LogP contribution in [0.3, 0.4) is 0 Å². The molecule has 8 nitrogen and oxygen atoms in total. The van der Waals surface area contributed by atoms with Crippen molar-refractivity contribution in [1.82, 2.24) is 14.8 Å². The lowest BCUT2D eigenvalue weighted by molar-refractivity contribution is 0.0765. The number of likely N-dealkylation sites (tertiary alicyclic amines) is 1. The number of urea groups is 1. The predicted molar refractivity (Wildman–Crippen MR) is 118 cm³/mol. The van der Waals surface area contributed by atoms with Crippen LogP contribution < -0.4 is 5.32 Å². The van der Waals surface area contributed by atoms with E-state index in [0.29, 0.717) is 41.7 Å². The summed E-state index contributed by atoms with van der Waals surface area (Å²) in [6.45, 7) is 4.43. The number of benzene rings is 1. The van der Waals surface area contributed by atoms with Crippen molar-refractivity contribution in [1.29, 1.82) is 5.26 Å². The number of oxazole rings is 1. The summed E-state index contributed by atoms with van der Waals surface area (Å²) in [5.74, 6) is 3.10. The minimum Gasteiger partial charge on any atom is -0.445 e. The number of anilines is 1. The summed E-state index contributed by atoms with van der Waals surface area (Å²) in [5, 5.41) is 11.8. The number of carbonyl (C=O) groups is 2. The van der Waals surface area contributed by atoms with Gasteiger partial charge in [-0.25, -0.2) is 9.78 Å². The third-order valence-corrected chi connectivity index (χ3v) is 6.63. The topological polar surface area (TPSA) is 102 Å². The summed E-state index contributed by atoms with van der Waals surface area (Å²) in [5.41, 5.74) is 1.53. The van der Waals surface area contributed by atoms with Crippen molar-refractivity contribution in [2.45, 2.75) is 25.7 Å². The SMILES string of the molecule is Cc1oc(C2CCN(C(=O)Nc3cccc(C#N)c3)CC2)nc1C(=O)N1CCSCC1. The molecule has 1 N–H and O–H groups in total. The van der Waals surface area contributed by atoms with Gasteiger partial charge < -0.3 is 19.5 Å². The Morgan fingerprint density at radius 2 is 1.94 bits per heavy atom. The van der Waals surface area contributed by atoms with Crippen LogP contribution in [0.25, 0.3) is 0 Å². The zero-order chi connectivity index (χ0) is 21.8. The zero-order valence-corrected chi connectivity index (χ0v) is 18.3. The quantitative estimate of drug-likeness (QED) is 0.786. The average Bonchev–Trinajstić information content (AvgIpc) is 3.21. The van der Waals surface area contributed by atoms with Crippen LogP contribution in [0.1, 0.15) is 46.5 Å². The number of hydrogen-bond acceptors (Lipinski definition) is 6. The second-order valence-electron chi connectivity index (χ2n) is 7.75. The monoisotopic (exact) mass is 439 g/mol. The number of nitriles is 1. The highest BCUT2D eigenvalue weighted by Crippen LogP contribution is 2.29. The van der Waals surface area contributed by atoms with E-state index < -0.39 is 0 Å². The maximum atomic E-state index is 12.8. The van der Waals surface area contributed by atoms with E-state index in [1.807, 2.05) is 16.7 Å². The number of nitrogens with one attached hydrogen (secondary N) is 1. The Balaban J connectivity index is 1.35. The average molecular weight is 440 g/mol. The molecular formula is C22H25N5O3S. The molecule has 2 aliphatic rings. The van der Waals surface area contributed by atoms with Crippen LogP contribution in [0.15, 0.2) is 28.7 Å². The standard InChI is InChI=1S/C22H25N5O3S/c1-15-19(21(28)26-9-11-31-12-10-26)25-20(30-15)17-5-7-27(8-6-17)22(29)24-18-4-2-3-16(13-18)14-23/h2-4,13,17H,5-12H2,1H3,(H,24,29). The van der Waals surface area contributed by atoms with E-state index >= 15 is 0 Å². The number of aromatic nitrogens is 1. The minimum atomic E-state index is -0.184. The first-order chi connectivity index (χ1) is 15.0. The molecule has 0 spiro atoms. The molecule has 0 radical (unpaired) electrons. The molecule has 2 fully saturated rings. The Bertz CT molecular complexity index is 1000. The van der Waals surface area contributed by atoms with Gasteiger partial charge in [0.05, 0.1) is 11.6 Å². The normalized spacial score (nSPS) is 17.3. The van der Waals surface area contributed by atoms with Crippen molar-refractivity contribution in [2.24, 2.45) is 0 Å². The summed E-state index contributed by atoms with van der Waals surface area (Å²) >= 11 is 1.86. The number of amides is 3. The number of rotatable bonds is 3. The van der Waals surface area contributed by atoms with Gasteiger partial charge >= 0.3 is 6.03 Å². The molecule has 31 heavy (non-hydrogen) atoms. The van der Waals surface area contributed by atoms with Gasteiger partial charge in [-0.1, -0.05) is 6.07 Å². The smallest absolute Gasteiger partial charge is 0.321 e. The van der Waals surface area contributed by atoms with E-state index in [2.05, 4.69) is 16.4 Å². The molecule has 2 aromatic rings. The Labute approximate surface area is 185 Å². The Morgan fingerprint density at radius 1 is 1.19 bits per heavy atom. The van der Waals surface area contributed by atoms with Gasteiger partial charge in [-0.05, 0) is 38.0 Å². The van der Waals surface area contributed by atoms with Crippen molar-refractivity contribution >= 4 is 29.4 Å². The van der Waals surface area contributed by atoms with Gasteiger partial charge in [0, 0.05) is 49.3 Å². The summed E-state index contributed by atoms with van der Waals surface area (Å²) in [6.07, 6.45) is 1.44. The second-order valence-corrected chi connectivity index (χ2v) is 8.97. The van der Waals surface area contributed by atoms with E-state index in [4.69, 9.17) is 9.68 Å². The van der Waals surface area contributed by atoms with E-state index in [1.165, 1.54) is 0 Å². The lowest BCUT2D eigenvalue weighted by Crippen LogP contribution is -2.40. The van der Waals surface area contributed by atoms with Gasteiger partial charge in [0.2, 0.25) is 0 Å². The van der Waals surface area contributed by atoms with Crippen molar-refractivity contribution in [3.8, 4) is 6.07 Å². The van der Waals surface area contributed by atoms with Gasteiger partial charge in [-0.2, -0.15) is 17.0 Å². The molecule has 4 rings (SSSR count). The molecule has 2 saturated heterocycles. The fourth-order valence-electron chi connectivity index (χ4n) is 3.90. The van der Waals surface area contributed by atoms with E-state index in [-0.39, 0.29) is 17.9 Å². The molecule has 1 aromatic carbocycles. The summed E-state index contributed by atoms with van der Waals surface area (Å²) in [4.78, 5) is 33.5. The highest BCUT2D eigenvalue weighted by molar-refractivity contribution is 7.99. The maximum absolute atomic E-state index is 12.8. The summed E-state index contributed by atoms with van der Waals surface area (Å²) in [6, 6.07) is 8.74. The van der Waals surface area contributed by atoms with Crippen LogP contribution in [0, 0.1) is 18.3 Å². The molecule has 0 bridgehead atoms. The molecule has 9 heteroatoms. The van der Waals surface area contributed by atoms with Crippen LogP contribution in [0.2, 0.25) is 0 Å². The van der Waals surface area contributed by atoms with Crippen LogP contribution in [0.5, 0.6) is 0 Å².